The third-order valence-electron chi connectivity index (χ3n) is 1.88. The molecule has 0 amide bonds. The molecule has 90 valence electrons. The van der Waals surface area contributed by atoms with Crippen LogP contribution < -0.4 is 0 Å². The molecule has 2 rings (SSSR count). The van der Waals surface area contributed by atoms with Crippen LogP contribution in [0.5, 0.6) is 0 Å². The minimum Gasteiger partial charge on any atom is -0.390 e. The first-order valence-electron chi connectivity index (χ1n) is 4.25. The Kier molecular flexibility index (Phi) is 2.22. The second kappa shape index (κ2) is 3.37. The van der Waals surface area contributed by atoms with Gasteiger partial charge in [-0.2, -0.15) is 18.2 Å². The molecule has 0 aromatic carbocycles. The SMILES string of the molecule is Cc1cc(C(F)(F)F)n2nc([N+](=O)[O-])nc2n1. The lowest BCUT2D eigenvalue weighted by Crippen LogP contribution is -2.14. The maximum absolute atomic E-state index is 12.6. The van der Waals surface area contributed by atoms with E-state index >= 15 is 0 Å². The molecule has 0 saturated heterocycles. The molecule has 0 saturated carbocycles. The maximum Gasteiger partial charge on any atom is 0.493 e. The summed E-state index contributed by atoms with van der Waals surface area (Å²) in [5, 5.41) is 13.5. The van der Waals surface area contributed by atoms with Crippen molar-refractivity contribution in [1.29, 1.82) is 0 Å². The molecular weight excluding hydrogens is 243 g/mol. The summed E-state index contributed by atoms with van der Waals surface area (Å²) in [5.74, 6) is -1.38. The molecule has 0 radical (unpaired) electrons. The summed E-state index contributed by atoms with van der Waals surface area (Å²) in [6, 6.07) is 0.741. The van der Waals surface area contributed by atoms with Gasteiger partial charge in [0.15, 0.2) is 5.69 Å². The van der Waals surface area contributed by atoms with Gasteiger partial charge in [-0.15, -0.1) is 4.52 Å². The lowest BCUT2D eigenvalue weighted by molar-refractivity contribution is -0.394. The van der Waals surface area contributed by atoms with Crippen molar-refractivity contribution >= 4 is 11.7 Å². The lowest BCUT2D eigenvalue weighted by atomic mass is 10.3. The first-order chi connectivity index (χ1) is 7.79. The van der Waals surface area contributed by atoms with Gasteiger partial charge < -0.3 is 10.1 Å². The van der Waals surface area contributed by atoms with E-state index in [9.17, 15) is 23.3 Å². The van der Waals surface area contributed by atoms with Crippen molar-refractivity contribution in [3.8, 4) is 0 Å². The monoisotopic (exact) mass is 247 g/mol. The summed E-state index contributed by atoms with van der Waals surface area (Å²) in [6.45, 7) is 1.33. The number of aryl methyl sites for hydroxylation is 1. The van der Waals surface area contributed by atoms with Gasteiger partial charge in [0.1, 0.15) is 0 Å². The van der Waals surface area contributed by atoms with E-state index in [2.05, 4.69) is 15.1 Å². The normalized spacial score (nSPS) is 12.0. The van der Waals surface area contributed by atoms with Gasteiger partial charge in [0.2, 0.25) is 0 Å². The largest absolute Gasteiger partial charge is 0.493 e. The predicted molar refractivity (Wildman–Crippen MR) is 47.2 cm³/mol. The van der Waals surface area contributed by atoms with Crippen molar-refractivity contribution in [2.24, 2.45) is 0 Å². The number of hydrogen-bond donors (Lipinski definition) is 0. The molecule has 0 aliphatic carbocycles. The fraction of sp³-hybridized carbons (Fsp3) is 0.286. The molecule has 7 nitrogen and oxygen atoms in total. The standard InChI is InChI=1S/C7H4F3N5O2/c1-3-2-4(7(8,9)10)14-5(11-3)12-6(13-14)15(16)17/h2H,1H3. The van der Waals surface area contributed by atoms with E-state index in [1.807, 2.05) is 0 Å². The van der Waals surface area contributed by atoms with Crippen LogP contribution in [-0.4, -0.2) is 24.5 Å². The van der Waals surface area contributed by atoms with E-state index in [-0.39, 0.29) is 5.69 Å². The lowest BCUT2D eigenvalue weighted by Gasteiger charge is -2.05. The number of hydrogen-bond acceptors (Lipinski definition) is 5. The van der Waals surface area contributed by atoms with E-state index in [4.69, 9.17) is 0 Å². The maximum atomic E-state index is 12.6. The molecule has 2 aromatic rings. The van der Waals surface area contributed by atoms with Crippen LogP contribution in [0.3, 0.4) is 0 Å². The molecule has 0 fully saturated rings. The summed E-state index contributed by atoms with van der Waals surface area (Å²) >= 11 is 0. The van der Waals surface area contributed by atoms with E-state index in [0.29, 0.717) is 4.52 Å². The van der Waals surface area contributed by atoms with Crippen molar-refractivity contribution in [2.45, 2.75) is 13.1 Å². The minimum absolute atomic E-state index is 0.0483. The van der Waals surface area contributed by atoms with Crippen molar-refractivity contribution in [2.75, 3.05) is 0 Å². The van der Waals surface area contributed by atoms with Gasteiger partial charge in [-0.05, 0) is 22.9 Å². The average molecular weight is 247 g/mol. The fourth-order valence-electron chi connectivity index (χ4n) is 1.26. The molecule has 10 heteroatoms. The van der Waals surface area contributed by atoms with Crippen LogP contribution in [0.1, 0.15) is 11.4 Å². The highest BCUT2D eigenvalue weighted by atomic mass is 19.4. The summed E-state index contributed by atoms with van der Waals surface area (Å²) in [5.41, 5.74) is -1.10. The van der Waals surface area contributed by atoms with Crippen LogP contribution in [0.2, 0.25) is 0 Å². The van der Waals surface area contributed by atoms with Crippen LogP contribution in [0.4, 0.5) is 19.1 Å². The van der Waals surface area contributed by atoms with Gasteiger partial charge in [-0.25, -0.2) is 0 Å². The highest BCUT2D eigenvalue weighted by molar-refractivity contribution is 5.35. The Morgan fingerprint density at radius 1 is 1.41 bits per heavy atom. The average Bonchev–Trinajstić information content (AvgIpc) is 2.58. The summed E-state index contributed by atoms with van der Waals surface area (Å²) in [6.07, 6.45) is -4.69. The number of halogens is 3. The second-order valence-electron chi connectivity index (χ2n) is 3.16. The van der Waals surface area contributed by atoms with E-state index in [0.717, 1.165) is 6.07 Å². The zero-order valence-electron chi connectivity index (χ0n) is 8.26. The first kappa shape index (κ1) is 11.2. The molecule has 2 heterocycles. The molecule has 0 spiro atoms. The molecule has 0 aliphatic rings. The van der Waals surface area contributed by atoms with Crippen LogP contribution in [-0.2, 0) is 6.18 Å². The van der Waals surface area contributed by atoms with Crippen LogP contribution >= 0.6 is 0 Å². The quantitative estimate of drug-likeness (QED) is 0.560. The third kappa shape index (κ3) is 1.88. The van der Waals surface area contributed by atoms with Gasteiger partial charge in [-0.1, -0.05) is 0 Å². The molecule has 0 N–H and O–H groups in total. The number of aromatic nitrogens is 4. The molecule has 0 bridgehead atoms. The predicted octanol–water partition coefficient (Wildman–Crippen LogP) is 1.36. The van der Waals surface area contributed by atoms with Gasteiger partial charge in [-0.3, -0.25) is 0 Å². The smallest absolute Gasteiger partial charge is 0.390 e. The molecule has 0 aliphatic heterocycles. The number of fused-ring (bicyclic) bond motifs is 1. The zero-order valence-corrected chi connectivity index (χ0v) is 8.26. The van der Waals surface area contributed by atoms with E-state index in [1.165, 1.54) is 6.92 Å². The topological polar surface area (TPSA) is 86.2 Å². The summed E-state index contributed by atoms with van der Waals surface area (Å²) < 4.78 is 38.2. The molecule has 2 aromatic heterocycles. The Balaban J connectivity index is 2.79. The molecular formula is C7H4F3N5O2. The van der Waals surface area contributed by atoms with Crippen molar-refractivity contribution < 1.29 is 18.1 Å². The third-order valence-corrected chi connectivity index (χ3v) is 1.88. The Labute approximate surface area is 91.1 Å². The highest BCUT2D eigenvalue weighted by Gasteiger charge is 2.37. The Morgan fingerprint density at radius 2 is 2.06 bits per heavy atom. The highest BCUT2D eigenvalue weighted by Crippen LogP contribution is 2.29. The molecule has 17 heavy (non-hydrogen) atoms. The number of rotatable bonds is 1. The van der Waals surface area contributed by atoms with Crippen molar-refractivity contribution in [3.63, 3.8) is 0 Å². The Bertz CT molecular complexity index is 605. The van der Waals surface area contributed by atoms with Crippen LogP contribution in [0.15, 0.2) is 6.07 Å². The van der Waals surface area contributed by atoms with E-state index in [1.54, 1.807) is 0 Å². The fourth-order valence-corrected chi connectivity index (χ4v) is 1.26. The number of alkyl halides is 3. The Hall–Kier alpha value is -2.26. The van der Waals surface area contributed by atoms with Gasteiger partial charge >= 0.3 is 17.9 Å². The Morgan fingerprint density at radius 3 is 2.59 bits per heavy atom. The zero-order chi connectivity index (χ0) is 12.8. The van der Waals surface area contributed by atoms with Gasteiger partial charge in [0.05, 0.1) is 0 Å². The number of nitro groups is 1. The summed E-state index contributed by atoms with van der Waals surface area (Å²) in [4.78, 5) is 16.3. The number of nitrogens with zero attached hydrogens (tertiary/aromatic N) is 5. The van der Waals surface area contributed by atoms with Gasteiger partial charge in [0.25, 0.3) is 0 Å². The van der Waals surface area contributed by atoms with E-state index < -0.39 is 28.5 Å². The second-order valence-corrected chi connectivity index (χ2v) is 3.16. The summed E-state index contributed by atoms with van der Waals surface area (Å²) in [7, 11) is 0. The first-order valence-corrected chi connectivity index (χ1v) is 4.25. The minimum atomic E-state index is -4.69. The van der Waals surface area contributed by atoms with Crippen LogP contribution in [0.25, 0.3) is 5.78 Å². The van der Waals surface area contributed by atoms with Gasteiger partial charge in [0, 0.05) is 10.8 Å². The van der Waals surface area contributed by atoms with Crippen LogP contribution in [0, 0.1) is 17.0 Å². The molecule has 0 atom stereocenters. The molecule has 0 unspecified atom stereocenters. The van der Waals surface area contributed by atoms with Crippen molar-refractivity contribution in [3.05, 3.63) is 27.6 Å². The van der Waals surface area contributed by atoms with Crippen molar-refractivity contribution in [1.82, 2.24) is 19.6 Å².